The summed E-state index contributed by atoms with van der Waals surface area (Å²) in [7, 11) is 0. The van der Waals surface area contributed by atoms with Gasteiger partial charge in [0.2, 0.25) is 0 Å². The number of pyridine rings is 1. The molecule has 7 nitrogen and oxygen atoms in total. The van der Waals surface area contributed by atoms with Gasteiger partial charge in [-0.25, -0.2) is 9.78 Å². The van der Waals surface area contributed by atoms with E-state index in [1.54, 1.807) is 30.3 Å². The number of unbranched alkanes of at least 4 members (excludes halogenated alkanes) is 4. The number of carbonyl (C=O) groups excluding carboxylic acids is 1. The van der Waals surface area contributed by atoms with Crippen LogP contribution in [0.4, 0.5) is 5.82 Å². The van der Waals surface area contributed by atoms with Gasteiger partial charge in [0, 0.05) is 12.2 Å². The van der Waals surface area contributed by atoms with Crippen molar-refractivity contribution >= 4 is 17.7 Å². The van der Waals surface area contributed by atoms with Gasteiger partial charge in [-0.15, -0.1) is 0 Å². The number of anilines is 1. The van der Waals surface area contributed by atoms with Gasteiger partial charge in [0.05, 0.1) is 0 Å². The zero-order valence-corrected chi connectivity index (χ0v) is 18.4. The lowest BCUT2D eigenvalue weighted by Crippen LogP contribution is -2.43. The number of aryl methyl sites for hydroxylation is 2. The van der Waals surface area contributed by atoms with Crippen molar-refractivity contribution < 1.29 is 19.8 Å². The Morgan fingerprint density at radius 1 is 1.03 bits per heavy atom. The smallest absolute Gasteiger partial charge is 0.326 e. The van der Waals surface area contributed by atoms with Crippen LogP contribution in [0.1, 0.15) is 67.9 Å². The largest absolute Gasteiger partial charge is 0.480 e. The van der Waals surface area contributed by atoms with Crippen molar-refractivity contribution in [1.82, 2.24) is 10.3 Å². The molecule has 0 spiro atoms. The van der Waals surface area contributed by atoms with E-state index in [0.29, 0.717) is 18.4 Å². The molecule has 0 saturated heterocycles. The number of aromatic nitrogens is 1. The molecule has 0 saturated carbocycles. The summed E-state index contributed by atoms with van der Waals surface area (Å²) in [5, 5.41) is 25.4. The molecular weight excluding hydrogens is 406 g/mol. The first-order valence-corrected chi connectivity index (χ1v) is 11.5. The molecule has 1 aromatic heterocycles. The maximum absolute atomic E-state index is 12.2. The second-order valence-corrected chi connectivity index (χ2v) is 8.36. The number of carbonyl (C=O) groups is 2. The Kier molecular flexibility index (Phi) is 9.04. The molecule has 0 aliphatic carbocycles. The highest BCUT2D eigenvalue weighted by atomic mass is 16.4. The Morgan fingerprint density at radius 2 is 1.78 bits per heavy atom. The minimum atomic E-state index is -1.37. The summed E-state index contributed by atoms with van der Waals surface area (Å²) in [4.78, 5) is 28.4. The van der Waals surface area contributed by atoms with Crippen LogP contribution in [0.25, 0.3) is 0 Å². The average molecular weight is 440 g/mol. The molecule has 0 bridgehead atoms. The molecule has 4 N–H and O–H groups in total. The lowest BCUT2D eigenvalue weighted by molar-refractivity contribution is -0.143. The molecule has 32 heavy (non-hydrogen) atoms. The first-order chi connectivity index (χ1) is 15.5. The number of aliphatic hydroxyl groups is 1. The summed E-state index contributed by atoms with van der Waals surface area (Å²) >= 11 is 0. The third kappa shape index (κ3) is 7.05. The normalized spacial score (nSPS) is 14.7. The number of aliphatic carboxylic acids is 1. The molecule has 2 heterocycles. The van der Waals surface area contributed by atoms with Gasteiger partial charge in [-0.05, 0) is 49.3 Å². The summed E-state index contributed by atoms with van der Waals surface area (Å²) in [6, 6.07) is 11.8. The van der Waals surface area contributed by atoms with Gasteiger partial charge in [-0.1, -0.05) is 62.1 Å². The molecule has 2 unspecified atom stereocenters. The van der Waals surface area contributed by atoms with E-state index in [0.717, 1.165) is 63.0 Å². The number of fused-ring (bicyclic) bond motifs is 1. The number of hydrogen-bond acceptors (Lipinski definition) is 5. The molecule has 3 rings (SSSR count). The molecule has 0 fully saturated rings. The van der Waals surface area contributed by atoms with Crippen molar-refractivity contribution in [2.24, 2.45) is 0 Å². The third-order valence-corrected chi connectivity index (χ3v) is 5.86. The third-order valence-electron chi connectivity index (χ3n) is 5.86. The maximum Gasteiger partial charge on any atom is 0.326 e. The molecule has 2 aromatic rings. The van der Waals surface area contributed by atoms with E-state index in [1.165, 1.54) is 5.56 Å². The molecule has 7 heteroatoms. The van der Waals surface area contributed by atoms with Crippen LogP contribution in [0.5, 0.6) is 0 Å². The van der Waals surface area contributed by atoms with Crippen molar-refractivity contribution in [3.05, 3.63) is 59.3 Å². The molecule has 1 aliphatic heterocycles. The average Bonchev–Trinajstić information content (AvgIpc) is 2.82. The zero-order chi connectivity index (χ0) is 22.8. The minimum Gasteiger partial charge on any atom is -0.480 e. The summed E-state index contributed by atoms with van der Waals surface area (Å²) < 4.78 is 0. The molecule has 1 aliphatic rings. The molecule has 172 valence electrons. The van der Waals surface area contributed by atoms with Crippen molar-refractivity contribution in [3.63, 3.8) is 0 Å². The standard InChI is InChI=1S/C25H33N3O4/c29-22(18-10-5-4-6-11-18)24(30)28-21(25(31)32)14-8-3-1-2-7-13-20-16-15-19-12-9-17-26-23(19)27-20/h4-6,10-11,15-16,21-22,29H,1-3,7-9,12-14,17H2,(H,26,27)(H,28,30)(H,31,32). The number of benzene rings is 1. The minimum absolute atomic E-state index is 0.348. The Bertz CT molecular complexity index is 888. The second-order valence-electron chi connectivity index (χ2n) is 8.36. The quantitative estimate of drug-likeness (QED) is 0.376. The number of carboxylic acid groups (broad SMARTS) is 1. The second kappa shape index (κ2) is 12.2. The van der Waals surface area contributed by atoms with Crippen molar-refractivity contribution in [2.45, 2.75) is 69.9 Å². The van der Waals surface area contributed by atoms with Crippen LogP contribution in [0.15, 0.2) is 42.5 Å². The monoisotopic (exact) mass is 439 g/mol. The van der Waals surface area contributed by atoms with Gasteiger partial charge < -0.3 is 20.8 Å². The molecule has 0 radical (unpaired) electrons. The van der Waals surface area contributed by atoms with E-state index < -0.39 is 24.0 Å². The topological polar surface area (TPSA) is 112 Å². The number of nitrogens with one attached hydrogen (secondary N) is 2. The summed E-state index contributed by atoms with van der Waals surface area (Å²) in [5.41, 5.74) is 2.86. The predicted molar refractivity (Wildman–Crippen MR) is 123 cm³/mol. The SMILES string of the molecule is O=C(O)C(CCCCCCCc1ccc2c(n1)NCCC2)NC(=O)C(O)c1ccccc1. The Balaban J connectivity index is 1.32. The zero-order valence-electron chi connectivity index (χ0n) is 18.4. The number of hydrogen-bond donors (Lipinski definition) is 4. The van der Waals surface area contributed by atoms with Gasteiger partial charge >= 0.3 is 5.97 Å². The molecule has 1 amide bonds. The molecular formula is C25H33N3O4. The lowest BCUT2D eigenvalue weighted by atomic mass is 10.0. The van der Waals surface area contributed by atoms with Crippen LogP contribution in [-0.2, 0) is 22.4 Å². The van der Waals surface area contributed by atoms with E-state index >= 15 is 0 Å². The van der Waals surface area contributed by atoms with E-state index in [4.69, 9.17) is 4.98 Å². The number of amides is 1. The van der Waals surface area contributed by atoms with E-state index in [9.17, 15) is 19.8 Å². The highest BCUT2D eigenvalue weighted by molar-refractivity contribution is 5.86. The Morgan fingerprint density at radius 3 is 2.56 bits per heavy atom. The number of nitrogens with zero attached hydrogens (tertiary/aromatic N) is 1. The fraction of sp³-hybridized carbons (Fsp3) is 0.480. The highest BCUT2D eigenvalue weighted by Crippen LogP contribution is 2.20. The van der Waals surface area contributed by atoms with Gasteiger partial charge in [-0.2, -0.15) is 0 Å². The fourth-order valence-corrected chi connectivity index (χ4v) is 3.99. The van der Waals surface area contributed by atoms with Gasteiger partial charge in [-0.3, -0.25) is 4.79 Å². The lowest BCUT2D eigenvalue weighted by Gasteiger charge is -2.17. The van der Waals surface area contributed by atoms with Crippen LogP contribution >= 0.6 is 0 Å². The van der Waals surface area contributed by atoms with E-state index in [1.807, 2.05) is 0 Å². The van der Waals surface area contributed by atoms with Crippen LogP contribution < -0.4 is 10.6 Å². The van der Waals surface area contributed by atoms with Crippen molar-refractivity contribution in [1.29, 1.82) is 0 Å². The van der Waals surface area contributed by atoms with Gasteiger partial charge in [0.15, 0.2) is 6.10 Å². The first-order valence-electron chi connectivity index (χ1n) is 11.5. The van der Waals surface area contributed by atoms with Gasteiger partial charge in [0.1, 0.15) is 11.9 Å². The number of carboxylic acids is 1. The summed E-state index contributed by atoms with van der Waals surface area (Å²) in [6.07, 6.45) is 6.91. The van der Waals surface area contributed by atoms with Crippen LogP contribution in [-0.4, -0.2) is 39.7 Å². The number of rotatable bonds is 12. The van der Waals surface area contributed by atoms with Crippen LogP contribution in [0, 0.1) is 0 Å². The Hall–Kier alpha value is -2.93. The van der Waals surface area contributed by atoms with Crippen LogP contribution in [0.2, 0.25) is 0 Å². The van der Waals surface area contributed by atoms with E-state index in [2.05, 4.69) is 22.8 Å². The molecule has 2 atom stereocenters. The van der Waals surface area contributed by atoms with Crippen LogP contribution in [0.3, 0.4) is 0 Å². The molecule has 1 aromatic carbocycles. The van der Waals surface area contributed by atoms with Crippen molar-refractivity contribution in [3.8, 4) is 0 Å². The predicted octanol–water partition coefficient (Wildman–Crippen LogP) is 3.63. The first kappa shape index (κ1) is 23.7. The van der Waals surface area contributed by atoms with E-state index in [-0.39, 0.29) is 0 Å². The number of aliphatic hydroxyl groups excluding tert-OH is 1. The van der Waals surface area contributed by atoms with Crippen molar-refractivity contribution in [2.75, 3.05) is 11.9 Å². The summed E-state index contributed by atoms with van der Waals surface area (Å²) in [6.45, 7) is 0.993. The highest BCUT2D eigenvalue weighted by Gasteiger charge is 2.24. The fourth-order valence-electron chi connectivity index (χ4n) is 3.99. The Labute approximate surface area is 189 Å². The maximum atomic E-state index is 12.2. The summed E-state index contributed by atoms with van der Waals surface area (Å²) in [5.74, 6) is -0.728. The van der Waals surface area contributed by atoms with Gasteiger partial charge in [0.25, 0.3) is 5.91 Å².